The Labute approximate surface area is 281 Å². The first-order chi connectivity index (χ1) is 23.3. The fourth-order valence-electron chi connectivity index (χ4n) is 6.38. The summed E-state index contributed by atoms with van der Waals surface area (Å²) in [6.45, 7) is 0. The molecule has 7 aromatic rings. The van der Waals surface area contributed by atoms with E-state index in [0.29, 0.717) is 0 Å². The lowest BCUT2D eigenvalue weighted by Crippen LogP contribution is -2.76. The van der Waals surface area contributed by atoms with Crippen molar-refractivity contribution < 1.29 is 8.23 Å². The van der Waals surface area contributed by atoms with Crippen LogP contribution in [-0.4, -0.2) is 25.9 Å². The molecular weight excluding hydrogens is 621 g/mol. The van der Waals surface area contributed by atoms with E-state index in [1.165, 1.54) is 31.1 Å². The van der Waals surface area contributed by atoms with E-state index in [2.05, 4.69) is 212 Å². The predicted molar refractivity (Wildman–Crippen MR) is 202 cm³/mol. The molecule has 227 valence electrons. The zero-order valence-electron chi connectivity index (χ0n) is 26.0. The summed E-state index contributed by atoms with van der Waals surface area (Å²) in [4.78, 5) is 0. The molecule has 7 rings (SSSR count). The number of benzene rings is 7. The summed E-state index contributed by atoms with van der Waals surface area (Å²) >= 11 is 0. The molecule has 0 aliphatic rings. The molecule has 0 aliphatic heterocycles. The lowest BCUT2D eigenvalue weighted by Gasteiger charge is -2.40. The van der Waals surface area contributed by atoms with Gasteiger partial charge in [-0.2, -0.15) is 0 Å². The minimum absolute atomic E-state index is 1.08. The number of hydrogen-bond donors (Lipinski definition) is 0. The van der Waals surface area contributed by atoms with Gasteiger partial charge in [-0.15, -0.1) is 0 Å². The minimum Gasteiger partial charge on any atom is -0.421 e. The van der Waals surface area contributed by atoms with Crippen LogP contribution < -0.4 is 36.3 Å². The van der Waals surface area contributed by atoms with Gasteiger partial charge in [-0.05, 0) is 36.3 Å². The molecule has 5 heteroatoms. The van der Waals surface area contributed by atoms with Gasteiger partial charge in [0.2, 0.25) is 0 Å². The van der Waals surface area contributed by atoms with Crippen LogP contribution in [0.25, 0.3) is 0 Å². The second-order valence-electron chi connectivity index (χ2n) is 11.4. The fourth-order valence-corrected chi connectivity index (χ4v) is 19.4. The lowest BCUT2D eigenvalue weighted by molar-refractivity contribution is 0.453. The third-order valence-electron chi connectivity index (χ3n) is 8.58. The number of rotatable bonds is 11. The molecule has 0 N–H and O–H groups in total. The van der Waals surface area contributed by atoms with Crippen LogP contribution in [0.15, 0.2) is 212 Å². The summed E-state index contributed by atoms with van der Waals surface area (Å²) in [5.41, 5.74) is 0. The van der Waals surface area contributed by atoms with Gasteiger partial charge in [0, 0.05) is 0 Å². The molecule has 0 saturated heterocycles. The Bertz CT molecular complexity index is 1640. The highest BCUT2D eigenvalue weighted by atomic mass is 28.4. The first-order valence-corrected chi connectivity index (χ1v) is 21.1. The molecule has 0 fully saturated rings. The second kappa shape index (κ2) is 14.3. The first-order valence-electron chi connectivity index (χ1n) is 15.9. The van der Waals surface area contributed by atoms with E-state index in [1.54, 1.807) is 0 Å². The highest BCUT2D eigenvalue weighted by Gasteiger charge is 2.50. The summed E-state index contributed by atoms with van der Waals surface area (Å²) in [6, 6.07) is 75.3. The molecule has 47 heavy (non-hydrogen) atoms. The molecule has 0 aromatic heterocycles. The van der Waals surface area contributed by atoms with Crippen LogP contribution in [0.1, 0.15) is 0 Å². The van der Waals surface area contributed by atoms with Crippen LogP contribution in [0, 0.1) is 0 Å². The van der Waals surface area contributed by atoms with Gasteiger partial charge in [0.05, 0.1) is 0 Å². The van der Waals surface area contributed by atoms with Gasteiger partial charge in [-0.1, -0.05) is 212 Å². The fraction of sp³-hybridized carbons (Fsp3) is 0. The topological polar surface area (TPSA) is 18.5 Å². The molecule has 0 unspecified atom stereocenters. The Balaban J connectivity index is 1.51. The van der Waals surface area contributed by atoms with Crippen molar-refractivity contribution in [2.75, 3.05) is 0 Å². The molecule has 0 heterocycles. The third-order valence-corrected chi connectivity index (χ3v) is 20.2. The van der Waals surface area contributed by atoms with Crippen molar-refractivity contribution >= 4 is 62.2 Å². The largest absolute Gasteiger partial charge is 0.421 e. The molecule has 7 aromatic carbocycles. The SMILES string of the molecule is c1ccc([Si](O[Si](c2ccccc2)(c2ccccc2)c2ccccc2)O[Si](c2ccccc2)(c2ccccc2)c2ccccc2)cc1. The van der Waals surface area contributed by atoms with E-state index in [9.17, 15) is 0 Å². The molecule has 2 nitrogen and oxygen atoms in total. The van der Waals surface area contributed by atoms with Crippen molar-refractivity contribution in [3.63, 3.8) is 0 Å². The van der Waals surface area contributed by atoms with Gasteiger partial charge in [-0.3, -0.25) is 0 Å². The van der Waals surface area contributed by atoms with E-state index in [1.807, 2.05) is 0 Å². The normalized spacial score (nSPS) is 11.8. The van der Waals surface area contributed by atoms with Gasteiger partial charge in [-0.25, -0.2) is 0 Å². The van der Waals surface area contributed by atoms with Gasteiger partial charge in [0.15, 0.2) is 0 Å². The Kier molecular flexibility index (Phi) is 9.33. The zero-order chi connectivity index (χ0) is 31.8. The summed E-state index contributed by atoms with van der Waals surface area (Å²) in [5, 5.41) is 8.20. The smallest absolute Gasteiger partial charge is 0.402 e. The van der Waals surface area contributed by atoms with E-state index in [4.69, 9.17) is 8.23 Å². The van der Waals surface area contributed by atoms with Gasteiger partial charge >= 0.3 is 9.28 Å². The number of hydrogen-bond acceptors (Lipinski definition) is 2. The van der Waals surface area contributed by atoms with Gasteiger partial charge in [0.1, 0.15) is 0 Å². The highest BCUT2D eigenvalue weighted by molar-refractivity contribution is 7.13. The van der Waals surface area contributed by atoms with Crippen LogP contribution in [-0.2, 0) is 8.23 Å². The monoisotopic (exact) mass is 655 g/mol. The van der Waals surface area contributed by atoms with Crippen molar-refractivity contribution in [1.82, 2.24) is 0 Å². The molecule has 0 aliphatic carbocycles. The van der Waals surface area contributed by atoms with Crippen molar-refractivity contribution in [3.05, 3.63) is 212 Å². The maximum Gasteiger partial charge on any atom is 0.402 e. The predicted octanol–water partition coefficient (Wildman–Crippen LogP) is 4.75. The quantitative estimate of drug-likeness (QED) is 0.148. The molecule has 0 atom stereocenters. The zero-order valence-corrected chi connectivity index (χ0v) is 29.0. The maximum absolute atomic E-state index is 7.96. The van der Waals surface area contributed by atoms with Crippen molar-refractivity contribution in [2.24, 2.45) is 0 Å². The van der Waals surface area contributed by atoms with Crippen LogP contribution in [0.3, 0.4) is 0 Å². The Morgan fingerprint density at radius 3 is 0.660 bits per heavy atom. The van der Waals surface area contributed by atoms with Crippen LogP contribution in [0.5, 0.6) is 0 Å². The molecule has 0 bridgehead atoms. The first kappa shape index (κ1) is 30.7. The summed E-state index contributed by atoms with van der Waals surface area (Å²) in [5.74, 6) is 0. The molecule has 1 radical (unpaired) electrons. The van der Waals surface area contributed by atoms with Crippen LogP contribution >= 0.6 is 0 Å². The minimum atomic E-state index is -3.13. The molecule has 0 saturated carbocycles. The van der Waals surface area contributed by atoms with E-state index in [-0.39, 0.29) is 0 Å². The summed E-state index contributed by atoms with van der Waals surface area (Å²) < 4.78 is 15.9. The maximum atomic E-state index is 7.96. The van der Waals surface area contributed by atoms with Gasteiger partial charge in [0.25, 0.3) is 16.6 Å². The average Bonchev–Trinajstić information content (AvgIpc) is 3.18. The van der Waals surface area contributed by atoms with Crippen LogP contribution in [0.4, 0.5) is 0 Å². The molecule has 0 spiro atoms. The van der Waals surface area contributed by atoms with E-state index in [0.717, 1.165) is 5.19 Å². The molecule has 0 amide bonds. The third kappa shape index (κ3) is 6.15. The van der Waals surface area contributed by atoms with Gasteiger partial charge < -0.3 is 8.23 Å². The van der Waals surface area contributed by atoms with Crippen molar-refractivity contribution in [3.8, 4) is 0 Å². The lowest BCUT2D eigenvalue weighted by atomic mass is 10.3. The molecular formula is C42H35O2Si3. The second-order valence-corrected chi connectivity index (χ2v) is 20.4. The van der Waals surface area contributed by atoms with Crippen LogP contribution in [0.2, 0.25) is 0 Å². The summed E-state index contributed by atoms with van der Waals surface area (Å²) in [7, 11) is -8.45. The Morgan fingerprint density at radius 1 is 0.255 bits per heavy atom. The van der Waals surface area contributed by atoms with E-state index < -0.39 is 25.9 Å². The van der Waals surface area contributed by atoms with Crippen molar-refractivity contribution in [1.29, 1.82) is 0 Å². The van der Waals surface area contributed by atoms with E-state index >= 15 is 0 Å². The van der Waals surface area contributed by atoms with Crippen molar-refractivity contribution in [2.45, 2.75) is 0 Å². The Morgan fingerprint density at radius 2 is 0.447 bits per heavy atom. The average molecular weight is 656 g/mol. The Hall–Kier alpha value is -4.89. The summed E-state index contributed by atoms with van der Waals surface area (Å²) in [6.07, 6.45) is 0. The standard InChI is InChI=1S/C42H35O2Si3/c1-8-22-36(23-9-1)45(43-46(37-24-10-2-11-25-37,38-26-12-3-13-27-38)39-28-14-4-15-29-39)44-47(40-30-16-5-17-31-40,41-32-18-6-19-33-41)42-34-20-7-21-35-42/h1-35H. The highest BCUT2D eigenvalue weighted by Crippen LogP contribution is 2.17.